The van der Waals surface area contributed by atoms with E-state index in [1.165, 1.54) is 0 Å². The van der Waals surface area contributed by atoms with Crippen LogP contribution in [0, 0.1) is 0 Å². The first-order chi connectivity index (χ1) is 8.00. The van der Waals surface area contributed by atoms with E-state index < -0.39 is 0 Å². The second-order valence-corrected chi connectivity index (χ2v) is 5.31. The molecule has 0 heterocycles. The van der Waals surface area contributed by atoms with Gasteiger partial charge in [-0.15, -0.1) is 0 Å². The lowest BCUT2D eigenvalue weighted by Gasteiger charge is -2.18. The molecular weight excluding hydrogens is 280 g/mol. The summed E-state index contributed by atoms with van der Waals surface area (Å²) < 4.78 is 0.990. The molecule has 1 rings (SSSR count). The van der Waals surface area contributed by atoms with Crippen LogP contribution in [-0.4, -0.2) is 49.9 Å². The lowest BCUT2D eigenvalue weighted by molar-refractivity contribution is 0.0790. The quantitative estimate of drug-likeness (QED) is 0.834. The van der Waals surface area contributed by atoms with Crippen LogP contribution >= 0.6 is 15.9 Å². The van der Waals surface area contributed by atoms with E-state index in [-0.39, 0.29) is 5.91 Å². The molecule has 94 valence electrons. The third-order valence-corrected chi connectivity index (χ3v) is 3.07. The van der Waals surface area contributed by atoms with Gasteiger partial charge >= 0.3 is 0 Å². The normalized spacial score (nSPS) is 10.6. The zero-order valence-electron chi connectivity index (χ0n) is 10.6. The molecule has 0 aromatic heterocycles. The van der Waals surface area contributed by atoms with Crippen LogP contribution in [-0.2, 0) is 0 Å². The number of carbonyl (C=O) groups is 1. The van der Waals surface area contributed by atoms with Crippen LogP contribution in [0.4, 0.5) is 0 Å². The summed E-state index contributed by atoms with van der Waals surface area (Å²) in [5.41, 5.74) is 0.737. The fourth-order valence-electron chi connectivity index (χ4n) is 1.54. The van der Waals surface area contributed by atoms with Crippen molar-refractivity contribution >= 4 is 21.8 Å². The standard InChI is InChI=1S/C13H19BrN2O/c1-15(2)9-4-10-16(3)13(17)11-5-7-12(14)8-6-11/h5-8H,4,9-10H2,1-3H3. The van der Waals surface area contributed by atoms with Gasteiger partial charge in [-0.25, -0.2) is 0 Å². The predicted octanol–water partition coefficient (Wildman–Crippen LogP) is 2.47. The Kier molecular flexibility index (Phi) is 5.65. The van der Waals surface area contributed by atoms with Crippen LogP contribution in [0.3, 0.4) is 0 Å². The van der Waals surface area contributed by atoms with Crippen molar-refractivity contribution in [3.05, 3.63) is 34.3 Å². The van der Waals surface area contributed by atoms with E-state index in [0.29, 0.717) is 0 Å². The zero-order chi connectivity index (χ0) is 12.8. The highest BCUT2D eigenvalue weighted by Crippen LogP contribution is 2.11. The summed E-state index contributed by atoms with van der Waals surface area (Å²) in [4.78, 5) is 15.9. The molecule has 17 heavy (non-hydrogen) atoms. The van der Waals surface area contributed by atoms with Crippen LogP contribution in [0.1, 0.15) is 16.8 Å². The maximum Gasteiger partial charge on any atom is 0.253 e. The van der Waals surface area contributed by atoms with Crippen LogP contribution in [0.5, 0.6) is 0 Å². The fraction of sp³-hybridized carbons (Fsp3) is 0.462. The number of hydrogen-bond acceptors (Lipinski definition) is 2. The van der Waals surface area contributed by atoms with Gasteiger partial charge < -0.3 is 9.80 Å². The van der Waals surface area contributed by atoms with Gasteiger partial charge in [-0.05, 0) is 51.3 Å². The molecule has 0 fully saturated rings. The van der Waals surface area contributed by atoms with Gasteiger partial charge in [0.15, 0.2) is 0 Å². The van der Waals surface area contributed by atoms with Gasteiger partial charge in [0.05, 0.1) is 0 Å². The fourth-order valence-corrected chi connectivity index (χ4v) is 1.80. The molecule has 3 nitrogen and oxygen atoms in total. The number of benzene rings is 1. The third kappa shape index (κ3) is 4.88. The van der Waals surface area contributed by atoms with Gasteiger partial charge in [-0.2, -0.15) is 0 Å². The first-order valence-corrected chi connectivity index (χ1v) is 6.46. The topological polar surface area (TPSA) is 23.6 Å². The summed E-state index contributed by atoms with van der Waals surface area (Å²) in [7, 11) is 5.92. The summed E-state index contributed by atoms with van der Waals surface area (Å²) >= 11 is 3.36. The molecule has 0 bridgehead atoms. The molecule has 1 aromatic carbocycles. The Labute approximate surface area is 112 Å². The summed E-state index contributed by atoms with van der Waals surface area (Å²) in [5, 5.41) is 0. The maximum atomic E-state index is 12.0. The van der Waals surface area contributed by atoms with Crippen molar-refractivity contribution in [2.75, 3.05) is 34.2 Å². The molecule has 1 aromatic rings. The van der Waals surface area contributed by atoms with Crippen molar-refractivity contribution < 1.29 is 4.79 Å². The van der Waals surface area contributed by atoms with Crippen molar-refractivity contribution in [1.82, 2.24) is 9.80 Å². The Bertz CT molecular complexity index is 362. The highest BCUT2D eigenvalue weighted by atomic mass is 79.9. The lowest BCUT2D eigenvalue weighted by Crippen LogP contribution is -2.29. The molecule has 0 unspecified atom stereocenters. The van der Waals surface area contributed by atoms with E-state index in [4.69, 9.17) is 0 Å². The number of halogens is 1. The second-order valence-electron chi connectivity index (χ2n) is 4.39. The molecule has 4 heteroatoms. The molecular formula is C13H19BrN2O. The summed E-state index contributed by atoms with van der Waals surface area (Å²) in [6.45, 7) is 1.78. The molecule has 0 radical (unpaired) electrons. The van der Waals surface area contributed by atoms with E-state index in [2.05, 4.69) is 20.8 Å². The van der Waals surface area contributed by atoms with Crippen LogP contribution in [0.2, 0.25) is 0 Å². The molecule has 1 amide bonds. The average molecular weight is 299 g/mol. The molecule has 0 aliphatic carbocycles. The minimum atomic E-state index is 0.0799. The first-order valence-electron chi connectivity index (χ1n) is 5.66. The van der Waals surface area contributed by atoms with E-state index in [1.807, 2.05) is 45.4 Å². The third-order valence-electron chi connectivity index (χ3n) is 2.54. The van der Waals surface area contributed by atoms with Crippen molar-refractivity contribution in [1.29, 1.82) is 0 Å². The van der Waals surface area contributed by atoms with Gasteiger partial charge in [-0.1, -0.05) is 15.9 Å². The number of amides is 1. The van der Waals surface area contributed by atoms with Crippen LogP contribution in [0.25, 0.3) is 0 Å². The maximum absolute atomic E-state index is 12.0. The SMILES string of the molecule is CN(C)CCCN(C)C(=O)c1ccc(Br)cc1. The minimum Gasteiger partial charge on any atom is -0.342 e. The van der Waals surface area contributed by atoms with Crippen LogP contribution in [0.15, 0.2) is 28.7 Å². The Balaban J connectivity index is 2.49. The number of nitrogens with zero attached hydrogens (tertiary/aromatic N) is 2. The Morgan fingerprint density at radius 1 is 1.12 bits per heavy atom. The minimum absolute atomic E-state index is 0.0799. The monoisotopic (exact) mass is 298 g/mol. The van der Waals surface area contributed by atoms with Crippen molar-refractivity contribution in [3.63, 3.8) is 0 Å². The van der Waals surface area contributed by atoms with Gasteiger partial charge in [0, 0.05) is 23.6 Å². The smallest absolute Gasteiger partial charge is 0.253 e. The second kappa shape index (κ2) is 6.77. The summed E-state index contributed by atoms with van der Waals surface area (Å²) in [6, 6.07) is 7.46. The molecule has 0 saturated carbocycles. The molecule has 0 N–H and O–H groups in total. The van der Waals surface area contributed by atoms with E-state index in [9.17, 15) is 4.79 Å². The molecule has 0 saturated heterocycles. The molecule has 0 aliphatic rings. The van der Waals surface area contributed by atoms with Gasteiger partial charge in [0.2, 0.25) is 0 Å². The number of carbonyl (C=O) groups excluding carboxylic acids is 1. The predicted molar refractivity (Wildman–Crippen MR) is 74.3 cm³/mol. The Hall–Kier alpha value is -0.870. The Morgan fingerprint density at radius 2 is 1.71 bits per heavy atom. The first kappa shape index (κ1) is 14.2. The van der Waals surface area contributed by atoms with E-state index >= 15 is 0 Å². The van der Waals surface area contributed by atoms with Gasteiger partial charge in [-0.3, -0.25) is 4.79 Å². The lowest BCUT2D eigenvalue weighted by atomic mass is 10.2. The average Bonchev–Trinajstić information content (AvgIpc) is 2.28. The van der Waals surface area contributed by atoms with Gasteiger partial charge in [0.1, 0.15) is 0 Å². The molecule has 0 atom stereocenters. The zero-order valence-corrected chi connectivity index (χ0v) is 12.2. The van der Waals surface area contributed by atoms with Crippen molar-refractivity contribution in [2.45, 2.75) is 6.42 Å². The largest absolute Gasteiger partial charge is 0.342 e. The van der Waals surface area contributed by atoms with Crippen LogP contribution < -0.4 is 0 Å². The number of rotatable bonds is 5. The molecule has 0 spiro atoms. The van der Waals surface area contributed by atoms with Crippen molar-refractivity contribution in [2.24, 2.45) is 0 Å². The van der Waals surface area contributed by atoms with Gasteiger partial charge in [0.25, 0.3) is 5.91 Å². The number of hydrogen-bond donors (Lipinski definition) is 0. The summed E-state index contributed by atoms with van der Waals surface area (Å²) in [5.74, 6) is 0.0799. The highest BCUT2D eigenvalue weighted by molar-refractivity contribution is 9.10. The Morgan fingerprint density at radius 3 is 2.24 bits per heavy atom. The van der Waals surface area contributed by atoms with E-state index in [1.54, 1.807) is 4.90 Å². The molecule has 0 aliphatic heterocycles. The van der Waals surface area contributed by atoms with E-state index in [0.717, 1.165) is 29.5 Å². The van der Waals surface area contributed by atoms with Crippen molar-refractivity contribution in [3.8, 4) is 0 Å². The summed E-state index contributed by atoms with van der Waals surface area (Å²) in [6.07, 6.45) is 0.992. The highest BCUT2D eigenvalue weighted by Gasteiger charge is 2.10.